The number of aromatic nitrogens is 1. The molecule has 0 spiro atoms. The molecule has 1 heterocycles. The molecule has 3 aromatic rings. The summed E-state index contributed by atoms with van der Waals surface area (Å²) >= 11 is 0. The number of nitrogens with one attached hydrogen (secondary N) is 1. The molecule has 0 atom stereocenters. The van der Waals surface area contributed by atoms with Crippen LogP contribution in [0.25, 0.3) is 10.9 Å². The van der Waals surface area contributed by atoms with E-state index in [1.54, 1.807) is 55.6 Å². The summed E-state index contributed by atoms with van der Waals surface area (Å²) in [5, 5.41) is 3.18. The van der Waals surface area contributed by atoms with Crippen molar-refractivity contribution in [1.29, 1.82) is 0 Å². The number of carbonyl (C=O) groups is 2. The third-order valence-electron chi connectivity index (χ3n) is 4.43. The van der Waals surface area contributed by atoms with Gasteiger partial charge in [-0.3, -0.25) is 9.78 Å². The Morgan fingerprint density at radius 1 is 1.10 bits per heavy atom. The molecule has 0 unspecified atom stereocenters. The van der Waals surface area contributed by atoms with Crippen LogP contribution < -0.4 is 5.32 Å². The van der Waals surface area contributed by atoms with E-state index >= 15 is 0 Å². The van der Waals surface area contributed by atoms with E-state index in [9.17, 15) is 18.0 Å². The summed E-state index contributed by atoms with van der Waals surface area (Å²) in [6.45, 7) is 1.15. The van der Waals surface area contributed by atoms with Gasteiger partial charge in [0.2, 0.25) is 10.0 Å². The number of carbonyl (C=O) groups excluding carboxylic acids is 2. The number of pyridine rings is 1. The van der Waals surface area contributed by atoms with Gasteiger partial charge in [0, 0.05) is 31.4 Å². The van der Waals surface area contributed by atoms with E-state index in [4.69, 9.17) is 4.74 Å². The summed E-state index contributed by atoms with van der Waals surface area (Å²) in [5.74, 6) is -1.23. The van der Waals surface area contributed by atoms with Gasteiger partial charge in [0.05, 0.1) is 16.0 Å². The number of amides is 1. The van der Waals surface area contributed by atoms with E-state index in [1.807, 2.05) is 0 Å². The molecular formula is C21H21N3O5S. The standard InChI is InChI=1S/C21H21N3O5S/c1-14-9-10-15(12-19(14)30(27,28)24(2)3)23-20(25)13-29-21(26)17-6-4-8-18-16(17)7-5-11-22-18/h4-12H,13H2,1-3H3,(H,23,25). The van der Waals surface area contributed by atoms with Crippen LogP contribution in [0.5, 0.6) is 0 Å². The van der Waals surface area contributed by atoms with Crippen LogP contribution in [-0.2, 0) is 19.6 Å². The molecule has 0 aliphatic carbocycles. The van der Waals surface area contributed by atoms with E-state index in [0.717, 1.165) is 4.31 Å². The Labute approximate surface area is 174 Å². The van der Waals surface area contributed by atoms with Crippen molar-refractivity contribution in [3.63, 3.8) is 0 Å². The van der Waals surface area contributed by atoms with Crippen molar-refractivity contribution in [1.82, 2.24) is 9.29 Å². The van der Waals surface area contributed by atoms with Gasteiger partial charge < -0.3 is 10.1 Å². The second-order valence-electron chi connectivity index (χ2n) is 6.77. The largest absolute Gasteiger partial charge is 0.452 e. The van der Waals surface area contributed by atoms with Gasteiger partial charge in [-0.15, -0.1) is 0 Å². The van der Waals surface area contributed by atoms with Crippen molar-refractivity contribution in [2.45, 2.75) is 11.8 Å². The number of hydrogen-bond acceptors (Lipinski definition) is 6. The van der Waals surface area contributed by atoms with Crippen LogP contribution in [0.2, 0.25) is 0 Å². The van der Waals surface area contributed by atoms with Crippen LogP contribution in [-0.4, -0.2) is 50.3 Å². The number of anilines is 1. The van der Waals surface area contributed by atoms with Crippen LogP contribution in [0.3, 0.4) is 0 Å². The molecule has 0 bridgehead atoms. The lowest BCUT2D eigenvalue weighted by atomic mass is 10.1. The van der Waals surface area contributed by atoms with Crippen LogP contribution in [0.4, 0.5) is 5.69 Å². The lowest BCUT2D eigenvalue weighted by Gasteiger charge is -2.15. The molecule has 0 saturated heterocycles. The quantitative estimate of drug-likeness (QED) is 0.606. The fourth-order valence-corrected chi connectivity index (χ4v) is 3.98. The summed E-state index contributed by atoms with van der Waals surface area (Å²) in [5.41, 5.74) is 1.79. The van der Waals surface area contributed by atoms with Gasteiger partial charge in [0.15, 0.2) is 6.61 Å². The Morgan fingerprint density at radius 3 is 2.60 bits per heavy atom. The Kier molecular flexibility index (Phi) is 6.14. The third kappa shape index (κ3) is 4.47. The van der Waals surface area contributed by atoms with Gasteiger partial charge in [0.25, 0.3) is 5.91 Å². The minimum absolute atomic E-state index is 0.0885. The van der Waals surface area contributed by atoms with Crippen LogP contribution in [0, 0.1) is 6.92 Å². The van der Waals surface area contributed by atoms with Crippen LogP contribution in [0.15, 0.2) is 59.6 Å². The molecule has 30 heavy (non-hydrogen) atoms. The van der Waals surface area contributed by atoms with E-state index in [2.05, 4.69) is 10.3 Å². The van der Waals surface area contributed by atoms with Crippen molar-refractivity contribution in [2.75, 3.05) is 26.0 Å². The maximum Gasteiger partial charge on any atom is 0.339 e. The van der Waals surface area contributed by atoms with Crippen LogP contribution in [0.1, 0.15) is 15.9 Å². The first-order valence-electron chi connectivity index (χ1n) is 9.04. The number of esters is 1. The first kappa shape index (κ1) is 21.4. The zero-order chi connectivity index (χ0) is 21.9. The molecule has 1 N–H and O–H groups in total. The highest BCUT2D eigenvalue weighted by Gasteiger charge is 2.21. The molecule has 1 amide bonds. The average Bonchev–Trinajstić information content (AvgIpc) is 2.72. The molecule has 9 heteroatoms. The number of ether oxygens (including phenoxy) is 1. The molecular weight excluding hydrogens is 406 g/mol. The Hall–Kier alpha value is -3.30. The lowest BCUT2D eigenvalue weighted by molar-refractivity contribution is -0.119. The third-order valence-corrected chi connectivity index (χ3v) is 6.39. The molecule has 2 aromatic carbocycles. The minimum Gasteiger partial charge on any atom is -0.452 e. The molecule has 0 aliphatic rings. The monoisotopic (exact) mass is 427 g/mol. The summed E-state index contributed by atoms with van der Waals surface area (Å²) < 4.78 is 31.0. The summed E-state index contributed by atoms with van der Waals surface area (Å²) in [7, 11) is -0.792. The number of nitrogens with zero attached hydrogens (tertiary/aromatic N) is 2. The predicted molar refractivity (Wildman–Crippen MR) is 113 cm³/mol. The molecule has 0 aliphatic heterocycles. The Morgan fingerprint density at radius 2 is 1.87 bits per heavy atom. The average molecular weight is 427 g/mol. The number of sulfonamides is 1. The van der Waals surface area contributed by atoms with Crippen molar-refractivity contribution in [2.24, 2.45) is 0 Å². The maximum atomic E-state index is 12.4. The predicted octanol–water partition coefficient (Wildman–Crippen LogP) is 2.59. The zero-order valence-electron chi connectivity index (χ0n) is 16.7. The second kappa shape index (κ2) is 8.60. The number of aryl methyl sites for hydroxylation is 1. The van der Waals surface area contributed by atoms with Crippen molar-refractivity contribution < 1.29 is 22.7 Å². The summed E-state index contributed by atoms with van der Waals surface area (Å²) in [6, 6.07) is 13.1. The molecule has 3 rings (SSSR count). The highest BCUT2D eigenvalue weighted by Crippen LogP contribution is 2.22. The Balaban J connectivity index is 1.70. The molecule has 1 aromatic heterocycles. The number of fused-ring (bicyclic) bond motifs is 1. The molecule has 0 saturated carbocycles. The summed E-state index contributed by atoms with van der Waals surface area (Å²) in [6.07, 6.45) is 1.62. The van der Waals surface area contributed by atoms with E-state index < -0.39 is 28.5 Å². The number of hydrogen-bond donors (Lipinski definition) is 1. The maximum absolute atomic E-state index is 12.4. The van der Waals surface area contributed by atoms with Crippen molar-refractivity contribution >= 4 is 38.5 Å². The van der Waals surface area contributed by atoms with Crippen molar-refractivity contribution in [3.8, 4) is 0 Å². The second-order valence-corrected chi connectivity index (χ2v) is 8.89. The SMILES string of the molecule is Cc1ccc(NC(=O)COC(=O)c2cccc3ncccc23)cc1S(=O)(=O)N(C)C. The topological polar surface area (TPSA) is 106 Å². The van der Waals surface area contributed by atoms with Gasteiger partial charge in [-0.25, -0.2) is 17.5 Å². The van der Waals surface area contributed by atoms with E-state index in [-0.39, 0.29) is 10.6 Å². The van der Waals surface area contributed by atoms with Gasteiger partial charge in [-0.05, 0) is 42.8 Å². The highest BCUT2D eigenvalue weighted by atomic mass is 32.2. The van der Waals surface area contributed by atoms with Gasteiger partial charge in [0.1, 0.15) is 0 Å². The molecule has 156 valence electrons. The highest BCUT2D eigenvalue weighted by molar-refractivity contribution is 7.89. The van der Waals surface area contributed by atoms with Gasteiger partial charge in [-0.2, -0.15) is 0 Å². The number of rotatable bonds is 6. The van der Waals surface area contributed by atoms with E-state index in [0.29, 0.717) is 22.0 Å². The zero-order valence-corrected chi connectivity index (χ0v) is 17.6. The van der Waals surface area contributed by atoms with E-state index in [1.165, 1.54) is 20.2 Å². The number of benzene rings is 2. The van der Waals surface area contributed by atoms with Crippen molar-refractivity contribution in [3.05, 3.63) is 65.9 Å². The molecule has 0 radical (unpaired) electrons. The van der Waals surface area contributed by atoms with Gasteiger partial charge >= 0.3 is 5.97 Å². The lowest BCUT2D eigenvalue weighted by Crippen LogP contribution is -2.24. The fraction of sp³-hybridized carbons (Fsp3) is 0.190. The summed E-state index contributed by atoms with van der Waals surface area (Å²) in [4.78, 5) is 28.9. The Bertz CT molecular complexity index is 1220. The molecule has 8 nitrogen and oxygen atoms in total. The van der Waals surface area contributed by atoms with Crippen LogP contribution >= 0.6 is 0 Å². The molecule has 0 fully saturated rings. The minimum atomic E-state index is -3.66. The smallest absolute Gasteiger partial charge is 0.339 e. The first-order chi connectivity index (χ1) is 14.2. The van der Waals surface area contributed by atoms with Gasteiger partial charge in [-0.1, -0.05) is 18.2 Å². The fourth-order valence-electron chi connectivity index (χ4n) is 2.84. The normalized spacial score (nSPS) is 11.5. The first-order valence-corrected chi connectivity index (χ1v) is 10.5.